The number of aromatic hydroxyl groups is 1. The summed E-state index contributed by atoms with van der Waals surface area (Å²) in [7, 11) is 0. The van der Waals surface area contributed by atoms with Crippen LogP contribution in [0, 0.1) is 5.82 Å². The summed E-state index contributed by atoms with van der Waals surface area (Å²) in [6.45, 7) is 0.628. The van der Waals surface area contributed by atoms with E-state index in [1.165, 1.54) is 18.5 Å². The number of allylic oxidation sites excluding steroid dienone is 1. The van der Waals surface area contributed by atoms with E-state index in [-0.39, 0.29) is 17.5 Å². The summed E-state index contributed by atoms with van der Waals surface area (Å²) in [6.07, 6.45) is 6.99. The number of nitrogen functional groups attached to an aromatic ring is 1. The first kappa shape index (κ1) is 22.1. The smallest absolute Gasteiger partial charge is 0.243 e. The van der Waals surface area contributed by atoms with Gasteiger partial charge in [-0.15, -0.1) is 0 Å². The minimum atomic E-state index is -0.542. The lowest BCUT2D eigenvalue weighted by Gasteiger charge is -2.05. The number of nitrogens with one attached hydrogen (secondary N) is 1. The molecule has 0 saturated carbocycles. The van der Waals surface area contributed by atoms with Gasteiger partial charge in [0, 0.05) is 24.2 Å². The highest BCUT2D eigenvalue weighted by Crippen LogP contribution is 2.32. The molecule has 0 fully saturated rings. The van der Waals surface area contributed by atoms with Gasteiger partial charge in [0.25, 0.3) is 0 Å². The van der Waals surface area contributed by atoms with Crippen LogP contribution in [0.1, 0.15) is 5.56 Å². The molecule has 0 bridgehead atoms. The Morgan fingerprint density at radius 3 is 2.83 bits per heavy atom. The van der Waals surface area contributed by atoms with Gasteiger partial charge in [0.2, 0.25) is 5.91 Å². The number of carbonyl (C=O) groups is 1. The molecule has 10 heteroatoms. The molecule has 9 nitrogen and oxygen atoms in total. The lowest BCUT2D eigenvalue weighted by Crippen LogP contribution is -2.26. The van der Waals surface area contributed by atoms with Crippen molar-refractivity contribution in [3.8, 4) is 11.6 Å². The third kappa shape index (κ3) is 4.41. The largest absolute Gasteiger partial charge is 0.506 e. The Hall–Kier alpha value is -4.73. The number of halogens is 1. The van der Waals surface area contributed by atoms with Crippen LogP contribution in [-0.4, -0.2) is 41.9 Å². The van der Waals surface area contributed by atoms with Crippen LogP contribution >= 0.6 is 0 Å². The summed E-state index contributed by atoms with van der Waals surface area (Å²) in [5, 5.41) is 18.8. The van der Waals surface area contributed by atoms with E-state index in [1.54, 1.807) is 21.5 Å². The van der Waals surface area contributed by atoms with Gasteiger partial charge in [-0.05, 0) is 30.2 Å². The number of rotatable bonds is 7. The topological polar surface area (TPSA) is 124 Å². The van der Waals surface area contributed by atoms with E-state index in [9.17, 15) is 14.3 Å². The highest BCUT2D eigenvalue weighted by molar-refractivity contribution is 5.96. The Labute approximate surface area is 199 Å². The number of nitrogens with zero attached hydrogens (tertiary/aromatic N) is 5. The number of aromatic nitrogens is 5. The molecule has 0 saturated heterocycles. The van der Waals surface area contributed by atoms with Crippen LogP contribution < -0.4 is 11.1 Å². The second kappa shape index (κ2) is 9.26. The van der Waals surface area contributed by atoms with E-state index in [0.29, 0.717) is 47.3 Å². The molecule has 4 N–H and O–H groups in total. The van der Waals surface area contributed by atoms with E-state index in [1.807, 2.05) is 36.4 Å². The van der Waals surface area contributed by atoms with Gasteiger partial charge in [0.15, 0.2) is 11.5 Å². The minimum absolute atomic E-state index is 0.213. The molecule has 5 aromatic rings. The first-order valence-electron chi connectivity index (χ1n) is 11.0. The number of hydrogen-bond acceptors (Lipinski definition) is 6. The summed E-state index contributed by atoms with van der Waals surface area (Å²) in [5.74, 6) is -0.371. The van der Waals surface area contributed by atoms with E-state index in [2.05, 4.69) is 20.4 Å². The quantitative estimate of drug-likeness (QED) is 0.313. The zero-order chi connectivity index (χ0) is 24.4. The van der Waals surface area contributed by atoms with Crippen LogP contribution in [0.15, 0.2) is 73.2 Å². The average Bonchev–Trinajstić information content (AvgIpc) is 3.42. The summed E-state index contributed by atoms with van der Waals surface area (Å²) >= 11 is 0. The zero-order valence-corrected chi connectivity index (χ0v) is 18.6. The number of hydrogen-bond donors (Lipinski definition) is 3. The fourth-order valence-electron chi connectivity index (χ4n) is 4.00. The van der Waals surface area contributed by atoms with Gasteiger partial charge >= 0.3 is 0 Å². The number of anilines is 1. The van der Waals surface area contributed by atoms with Crippen molar-refractivity contribution in [3.05, 3.63) is 84.6 Å². The zero-order valence-electron chi connectivity index (χ0n) is 18.6. The van der Waals surface area contributed by atoms with E-state index in [0.717, 1.165) is 11.6 Å². The predicted molar refractivity (Wildman–Crippen MR) is 130 cm³/mol. The molecule has 0 atom stereocenters. The van der Waals surface area contributed by atoms with Crippen LogP contribution in [0.4, 0.5) is 10.2 Å². The van der Waals surface area contributed by atoms with Crippen molar-refractivity contribution in [1.82, 2.24) is 29.6 Å². The lowest BCUT2D eigenvalue weighted by atomic mass is 10.1. The van der Waals surface area contributed by atoms with Gasteiger partial charge in [-0.3, -0.25) is 9.36 Å². The number of carbonyl (C=O) groups excluding carboxylic acids is 1. The van der Waals surface area contributed by atoms with Gasteiger partial charge in [-0.1, -0.05) is 36.4 Å². The highest BCUT2D eigenvalue weighted by atomic mass is 19.1. The van der Waals surface area contributed by atoms with Gasteiger partial charge in [0.05, 0.1) is 12.1 Å². The molecule has 3 heterocycles. The molecule has 0 aliphatic heterocycles. The maximum absolute atomic E-state index is 13.7. The number of fused-ring (bicyclic) bond motifs is 2. The summed E-state index contributed by atoms with van der Waals surface area (Å²) in [6, 6.07) is 13.9. The van der Waals surface area contributed by atoms with E-state index < -0.39 is 5.82 Å². The molecular weight excluding hydrogens is 449 g/mol. The second-order valence-electron chi connectivity index (χ2n) is 7.94. The Bertz CT molecular complexity index is 1560. The Morgan fingerprint density at radius 1 is 1.17 bits per heavy atom. The predicted octanol–water partition coefficient (Wildman–Crippen LogP) is 3.11. The van der Waals surface area contributed by atoms with Gasteiger partial charge in [0.1, 0.15) is 29.1 Å². The second-order valence-corrected chi connectivity index (χ2v) is 7.94. The molecule has 0 radical (unpaired) electrons. The summed E-state index contributed by atoms with van der Waals surface area (Å²) in [5.41, 5.74) is 8.13. The molecular formula is C25H22FN7O2. The van der Waals surface area contributed by atoms with Crippen LogP contribution in [0.2, 0.25) is 0 Å². The van der Waals surface area contributed by atoms with Gasteiger partial charge in [-0.25, -0.2) is 19.0 Å². The van der Waals surface area contributed by atoms with Crippen LogP contribution in [0.25, 0.3) is 27.8 Å². The first-order chi connectivity index (χ1) is 17.0. The third-order valence-corrected chi connectivity index (χ3v) is 5.58. The number of benzene rings is 2. The molecule has 176 valence electrons. The van der Waals surface area contributed by atoms with Gasteiger partial charge in [-0.2, -0.15) is 5.10 Å². The minimum Gasteiger partial charge on any atom is -0.506 e. The first-order valence-corrected chi connectivity index (χ1v) is 11.0. The fraction of sp³-hybridized carbons (Fsp3) is 0.120. The molecule has 0 unspecified atom stereocenters. The Morgan fingerprint density at radius 2 is 2.00 bits per heavy atom. The standard InChI is InChI=1S/C25H22FN7O2/c26-18-13-17-9-11-32(22(17)19(34)14-18)25-21-23(27)29-15-30-24(21)33(31-25)12-10-28-20(35)8-4-7-16-5-2-1-3-6-16/h1-6,8-9,11,13-15,34H,7,10,12H2,(H,28,35)(H2,27,29,30). The van der Waals surface area contributed by atoms with Crippen molar-refractivity contribution < 1.29 is 14.3 Å². The van der Waals surface area contributed by atoms with E-state index in [4.69, 9.17) is 5.73 Å². The number of nitrogens with two attached hydrogens (primary N) is 1. The molecule has 2 aromatic carbocycles. The van der Waals surface area contributed by atoms with Crippen LogP contribution in [0.3, 0.4) is 0 Å². The van der Waals surface area contributed by atoms with Crippen molar-refractivity contribution >= 4 is 33.7 Å². The third-order valence-electron chi connectivity index (χ3n) is 5.58. The molecule has 0 aliphatic rings. The van der Waals surface area contributed by atoms with Gasteiger partial charge < -0.3 is 16.2 Å². The van der Waals surface area contributed by atoms with E-state index >= 15 is 0 Å². The van der Waals surface area contributed by atoms with Crippen LogP contribution in [0.5, 0.6) is 5.75 Å². The summed E-state index contributed by atoms with van der Waals surface area (Å²) < 4.78 is 17.0. The highest BCUT2D eigenvalue weighted by Gasteiger charge is 2.20. The van der Waals surface area contributed by atoms with Crippen LogP contribution in [-0.2, 0) is 17.8 Å². The number of phenolic OH excluding ortho intramolecular Hbond substituents is 1. The number of phenols is 1. The molecule has 5 rings (SSSR count). The molecule has 1 amide bonds. The Kier molecular flexibility index (Phi) is 5.84. The normalized spacial score (nSPS) is 11.6. The Balaban J connectivity index is 1.37. The van der Waals surface area contributed by atoms with Crippen molar-refractivity contribution in [1.29, 1.82) is 0 Å². The molecule has 3 aromatic heterocycles. The maximum atomic E-state index is 13.7. The molecule has 35 heavy (non-hydrogen) atoms. The van der Waals surface area contributed by atoms with Crippen molar-refractivity contribution in [2.45, 2.75) is 13.0 Å². The molecule has 0 aliphatic carbocycles. The fourth-order valence-corrected chi connectivity index (χ4v) is 4.00. The van der Waals surface area contributed by atoms with Crippen molar-refractivity contribution in [3.63, 3.8) is 0 Å². The molecule has 0 spiro atoms. The monoisotopic (exact) mass is 471 g/mol. The lowest BCUT2D eigenvalue weighted by molar-refractivity contribution is -0.116. The number of amides is 1. The van der Waals surface area contributed by atoms with Crippen molar-refractivity contribution in [2.75, 3.05) is 12.3 Å². The SMILES string of the molecule is Nc1ncnc2c1c(-n1ccc3cc(F)cc(O)c31)nn2CCNC(=O)C=CCc1ccccc1. The van der Waals surface area contributed by atoms with Crippen molar-refractivity contribution in [2.24, 2.45) is 0 Å². The maximum Gasteiger partial charge on any atom is 0.243 e. The average molecular weight is 471 g/mol. The summed E-state index contributed by atoms with van der Waals surface area (Å²) in [4.78, 5) is 20.6.